The second-order valence-corrected chi connectivity index (χ2v) is 4.00. The molecule has 1 saturated carbocycles. The molecule has 0 spiro atoms. The van der Waals surface area contributed by atoms with Gasteiger partial charge in [-0.25, -0.2) is 0 Å². The Kier molecular flexibility index (Phi) is 3.08. The number of hydrogen-bond acceptors (Lipinski definition) is 4. The van der Waals surface area contributed by atoms with Crippen molar-refractivity contribution in [2.75, 3.05) is 19.5 Å². The number of benzene rings is 1. The Morgan fingerprint density at radius 1 is 1.35 bits per heavy atom. The molecular formula is C12H15NO4. The lowest BCUT2D eigenvalue weighted by Crippen LogP contribution is -2.10. The lowest BCUT2D eigenvalue weighted by molar-refractivity contribution is -0.138. The molecule has 0 heterocycles. The van der Waals surface area contributed by atoms with E-state index in [1.165, 1.54) is 0 Å². The van der Waals surface area contributed by atoms with Crippen molar-refractivity contribution < 1.29 is 19.4 Å². The summed E-state index contributed by atoms with van der Waals surface area (Å²) >= 11 is 0. The topological polar surface area (TPSA) is 67.8 Å². The first-order valence-corrected chi connectivity index (χ1v) is 5.37. The second-order valence-electron chi connectivity index (χ2n) is 4.00. The number of hydrogen-bond donors (Lipinski definition) is 2. The van der Waals surface area contributed by atoms with Gasteiger partial charge in [-0.05, 0) is 18.6 Å². The minimum Gasteiger partial charge on any atom is -0.493 e. The standard InChI is InChI=1S/C12H15NO4/c1-16-10-4-3-7(5-11(10)17-2)13-9-6-8(9)12(14)15/h3-5,8-9,13H,6H2,1-2H3,(H,14,15). The maximum absolute atomic E-state index is 10.7. The number of carboxylic acids is 1. The molecule has 0 bridgehead atoms. The Bertz CT molecular complexity index is 433. The molecule has 2 atom stereocenters. The molecule has 17 heavy (non-hydrogen) atoms. The summed E-state index contributed by atoms with van der Waals surface area (Å²) in [6.45, 7) is 0. The van der Waals surface area contributed by atoms with Crippen molar-refractivity contribution in [3.63, 3.8) is 0 Å². The number of methoxy groups -OCH3 is 2. The lowest BCUT2D eigenvalue weighted by Gasteiger charge is -2.10. The fourth-order valence-electron chi connectivity index (χ4n) is 1.77. The third kappa shape index (κ3) is 2.43. The Labute approximate surface area is 99.3 Å². The molecule has 0 aliphatic heterocycles. The van der Waals surface area contributed by atoms with E-state index in [-0.39, 0.29) is 12.0 Å². The summed E-state index contributed by atoms with van der Waals surface area (Å²) in [6, 6.07) is 5.46. The highest BCUT2D eigenvalue weighted by molar-refractivity contribution is 5.75. The number of anilines is 1. The van der Waals surface area contributed by atoms with E-state index in [1.54, 1.807) is 26.4 Å². The number of nitrogens with one attached hydrogen (secondary N) is 1. The summed E-state index contributed by atoms with van der Waals surface area (Å²) in [4.78, 5) is 10.7. The van der Waals surface area contributed by atoms with Gasteiger partial charge in [0.1, 0.15) is 0 Å². The zero-order valence-corrected chi connectivity index (χ0v) is 9.77. The Hall–Kier alpha value is -1.91. The first-order valence-electron chi connectivity index (χ1n) is 5.37. The third-order valence-corrected chi connectivity index (χ3v) is 2.84. The maximum Gasteiger partial charge on any atom is 0.308 e. The van der Waals surface area contributed by atoms with Gasteiger partial charge in [-0.15, -0.1) is 0 Å². The predicted octanol–water partition coefficient (Wildman–Crippen LogP) is 1.59. The fraction of sp³-hybridized carbons (Fsp3) is 0.417. The number of ether oxygens (including phenoxy) is 2. The van der Waals surface area contributed by atoms with Crippen LogP contribution in [-0.4, -0.2) is 31.3 Å². The fourth-order valence-corrected chi connectivity index (χ4v) is 1.77. The highest BCUT2D eigenvalue weighted by Crippen LogP contribution is 2.36. The highest BCUT2D eigenvalue weighted by Gasteiger charge is 2.43. The van der Waals surface area contributed by atoms with Crippen molar-refractivity contribution in [2.24, 2.45) is 5.92 Å². The monoisotopic (exact) mass is 237 g/mol. The van der Waals surface area contributed by atoms with E-state index in [4.69, 9.17) is 14.6 Å². The molecule has 0 saturated heterocycles. The van der Waals surface area contributed by atoms with Crippen LogP contribution in [0.4, 0.5) is 5.69 Å². The Morgan fingerprint density at radius 3 is 2.59 bits per heavy atom. The van der Waals surface area contributed by atoms with E-state index in [2.05, 4.69) is 5.32 Å². The van der Waals surface area contributed by atoms with Gasteiger partial charge in [0.05, 0.1) is 20.1 Å². The maximum atomic E-state index is 10.7. The van der Waals surface area contributed by atoms with E-state index in [0.717, 1.165) is 5.69 Å². The van der Waals surface area contributed by atoms with Gasteiger partial charge in [-0.1, -0.05) is 0 Å². The van der Waals surface area contributed by atoms with E-state index in [1.807, 2.05) is 6.07 Å². The van der Waals surface area contributed by atoms with E-state index in [0.29, 0.717) is 17.9 Å². The summed E-state index contributed by atoms with van der Waals surface area (Å²) in [5.74, 6) is 0.264. The first kappa shape index (κ1) is 11.6. The van der Waals surface area contributed by atoms with Crippen LogP contribution in [0.3, 0.4) is 0 Å². The van der Waals surface area contributed by atoms with Crippen molar-refractivity contribution >= 4 is 11.7 Å². The minimum atomic E-state index is -0.747. The summed E-state index contributed by atoms with van der Waals surface area (Å²) < 4.78 is 10.3. The van der Waals surface area contributed by atoms with E-state index < -0.39 is 5.97 Å². The Balaban J connectivity index is 2.05. The van der Waals surface area contributed by atoms with E-state index in [9.17, 15) is 4.79 Å². The van der Waals surface area contributed by atoms with Crippen molar-refractivity contribution in [1.82, 2.24) is 0 Å². The summed E-state index contributed by atoms with van der Waals surface area (Å²) in [7, 11) is 3.14. The molecule has 1 fully saturated rings. The van der Waals surface area contributed by atoms with Crippen LogP contribution in [-0.2, 0) is 4.79 Å². The lowest BCUT2D eigenvalue weighted by atomic mass is 10.2. The molecule has 2 rings (SSSR count). The number of carbonyl (C=O) groups is 1. The SMILES string of the molecule is COc1ccc(NC2CC2C(=O)O)cc1OC. The van der Waals surface area contributed by atoms with Gasteiger partial charge in [0.15, 0.2) is 11.5 Å². The van der Waals surface area contributed by atoms with Gasteiger partial charge in [0, 0.05) is 17.8 Å². The normalized spacial score (nSPS) is 21.8. The van der Waals surface area contributed by atoms with E-state index >= 15 is 0 Å². The van der Waals surface area contributed by atoms with Gasteiger partial charge in [0.2, 0.25) is 0 Å². The van der Waals surface area contributed by atoms with Crippen LogP contribution in [0.15, 0.2) is 18.2 Å². The van der Waals surface area contributed by atoms with Crippen LogP contribution in [0.2, 0.25) is 0 Å². The quantitative estimate of drug-likeness (QED) is 0.814. The number of rotatable bonds is 5. The molecule has 0 aromatic heterocycles. The molecule has 5 heteroatoms. The van der Waals surface area contributed by atoms with Gasteiger partial charge in [-0.2, -0.15) is 0 Å². The van der Waals surface area contributed by atoms with Crippen LogP contribution >= 0.6 is 0 Å². The van der Waals surface area contributed by atoms with Crippen LogP contribution in [0.1, 0.15) is 6.42 Å². The van der Waals surface area contributed by atoms with Crippen molar-refractivity contribution in [3.8, 4) is 11.5 Å². The van der Waals surface area contributed by atoms with Crippen LogP contribution in [0.5, 0.6) is 11.5 Å². The average molecular weight is 237 g/mol. The van der Waals surface area contributed by atoms with Crippen LogP contribution in [0, 0.1) is 5.92 Å². The summed E-state index contributed by atoms with van der Waals surface area (Å²) in [5.41, 5.74) is 0.844. The zero-order chi connectivity index (χ0) is 12.4. The highest BCUT2D eigenvalue weighted by atomic mass is 16.5. The van der Waals surface area contributed by atoms with Gasteiger partial charge in [0.25, 0.3) is 0 Å². The molecule has 5 nitrogen and oxygen atoms in total. The zero-order valence-electron chi connectivity index (χ0n) is 9.77. The molecule has 1 aliphatic rings. The molecule has 2 N–H and O–H groups in total. The minimum absolute atomic E-state index is 0.0191. The van der Waals surface area contributed by atoms with Crippen molar-refractivity contribution in [3.05, 3.63) is 18.2 Å². The molecule has 0 radical (unpaired) electrons. The van der Waals surface area contributed by atoms with Crippen LogP contribution in [0.25, 0.3) is 0 Å². The predicted molar refractivity (Wildman–Crippen MR) is 62.7 cm³/mol. The van der Waals surface area contributed by atoms with Crippen molar-refractivity contribution in [2.45, 2.75) is 12.5 Å². The third-order valence-electron chi connectivity index (χ3n) is 2.84. The number of carboxylic acid groups (broad SMARTS) is 1. The van der Waals surface area contributed by atoms with Crippen molar-refractivity contribution in [1.29, 1.82) is 0 Å². The number of aliphatic carboxylic acids is 1. The molecule has 1 aromatic carbocycles. The average Bonchev–Trinajstić information content (AvgIpc) is 3.08. The molecule has 1 aromatic rings. The summed E-state index contributed by atoms with van der Waals surface area (Å²) in [6.07, 6.45) is 0.670. The van der Waals surface area contributed by atoms with Gasteiger partial charge >= 0.3 is 5.97 Å². The smallest absolute Gasteiger partial charge is 0.308 e. The molecular weight excluding hydrogens is 222 g/mol. The molecule has 1 aliphatic carbocycles. The molecule has 2 unspecified atom stereocenters. The largest absolute Gasteiger partial charge is 0.493 e. The molecule has 92 valence electrons. The summed E-state index contributed by atoms with van der Waals surface area (Å²) in [5, 5.41) is 12.0. The van der Waals surface area contributed by atoms with Gasteiger partial charge in [-0.3, -0.25) is 4.79 Å². The van der Waals surface area contributed by atoms with Crippen LogP contribution < -0.4 is 14.8 Å². The Morgan fingerprint density at radius 2 is 2.06 bits per heavy atom. The second kappa shape index (κ2) is 4.53. The van der Waals surface area contributed by atoms with Gasteiger partial charge < -0.3 is 19.9 Å². The molecule has 0 amide bonds. The first-order chi connectivity index (χ1) is 8.15.